The summed E-state index contributed by atoms with van der Waals surface area (Å²) in [5.41, 5.74) is 0. The predicted octanol–water partition coefficient (Wildman–Crippen LogP) is -0.444. The third-order valence-corrected chi connectivity index (χ3v) is 1.32. The molecule has 56 valence electrons. The third kappa shape index (κ3) is 4.53. The molecule has 11 heavy (non-hydrogen) atoms. The molecular formula is C6H2BrCl2FMg. The molecule has 0 unspecified atom stereocenters. The quantitative estimate of drug-likeness (QED) is 0.340. The Balaban J connectivity index is 0. The first-order chi connectivity index (χ1) is 4.20. The van der Waals surface area contributed by atoms with Gasteiger partial charge in [0.2, 0.25) is 0 Å². The van der Waals surface area contributed by atoms with E-state index in [9.17, 15) is 4.39 Å². The first kappa shape index (κ1) is 14.5. The Labute approximate surface area is 101 Å². The second kappa shape index (κ2) is 6.49. The Morgan fingerprint density at radius 3 is 2.27 bits per heavy atom. The molecule has 0 atom stereocenters. The molecule has 0 saturated carbocycles. The van der Waals surface area contributed by atoms with E-state index in [1.807, 2.05) is 0 Å². The van der Waals surface area contributed by atoms with Gasteiger partial charge in [-0.3, -0.25) is 4.39 Å². The average Bonchev–Trinajstić information content (AvgIpc) is 1.80. The SMILES string of the molecule is Fc1cc(Cl)c[c-]c1Cl.[Br-].[Mg+2]. The van der Waals surface area contributed by atoms with Gasteiger partial charge in [0.05, 0.1) is 0 Å². The van der Waals surface area contributed by atoms with Crippen molar-refractivity contribution in [1.82, 2.24) is 0 Å². The largest absolute Gasteiger partial charge is 2.00 e. The molecule has 0 amide bonds. The minimum absolute atomic E-state index is 0. The first-order valence-corrected chi connectivity index (χ1v) is 2.98. The molecule has 1 aromatic rings. The molecule has 0 bridgehead atoms. The van der Waals surface area contributed by atoms with Gasteiger partial charge in [-0.1, -0.05) is 5.02 Å². The van der Waals surface area contributed by atoms with E-state index in [4.69, 9.17) is 23.2 Å². The molecule has 1 aromatic carbocycles. The van der Waals surface area contributed by atoms with Crippen LogP contribution in [0.4, 0.5) is 4.39 Å². The van der Waals surface area contributed by atoms with Crippen molar-refractivity contribution in [3.05, 3.63) is 34.1 Å². The summed E-state index contributed by atoms with van der Waals surface area (Å²) in [4.78, 5) is 0. The first-order valence-electron chi connectivity index (χ1n) is 2.22. The molecule has 0 aliphatic rings. The molecule has 0 N–H and O–H groups in total. The van der Waals surface area contributed by atoms with Gasteiger partial charge in [0.15, 0.2) is 0 Å². The van der Waals surface area contributed by atoms with Crippen LogP contribution in [0.2, 0.25) is 10.0 Å². The summed E-state index contributed by atoms with van der Waals surface area (Å²) in [5, 5.41) is 0.274. The van der Waals surface area contributed by atoms with E-state index >= 15 is 0 Å². The number of hydrogen-bond donors (Lipinski definition) is 0. The summed E-state index contributed by atoms with van der Waals surface area (Å²) in [5.74, 6) is -0.538. The van der Waals surface area contributed by atoms with Crippen molar-refractivity contribution in [2.45, 2.75) is 0 Å². The third-order valence-electron chi connectivity index (χ3n) is 0.811. The maximum atomic E-state index is 12.3. The fraction of sp³-hybridized carbons (Fsp3) is 0. The van der Waals surface area contributed by atoms with Crippen molar-refractivity contribution >= 4 is 46.3 Å². The van der Waals surface area contributed by atoms with E-state index in [0.717, 1.165) is 6.07 Å². The molecule has 0 radical (unpaired) electrons. The molecule has 0 aliphatic heterocycles. The minimum Gasteiger partial charge on any atom is -1.00 e. The molecule has 1 rings (SSSR count). The number of benzene rings is 1. The molecule has 0 spiro atoms. The van der Waals surface area contributed by atoms with Gasteiger partial charge < -0.3 is 17.0 Å². The summed E-state index contributed by atoms with van der Waals surface area (Å²) < 4.78 is 12.3. The zero-order valence-corrected chi connectivity index (χ0v) is 9.89. The Morgan fingerprint density at radius 1 is 1.36 bits per heavy atom. The van der Waals surface area contributed by atoms with Gasteiger partial charge in [-0.05, 0) is 5.02 Å². The van der Waals surface area contributed by atoms with Crippen LogP contribution in [-0.2, 0) is 0 Å². The summed E-state index contributed by atoms with van der Waals surface area (Å²) in [7, 11) is 0. The van der Waals surface area contributed by atoms with Crippen molar-refractivity contribution in [2.75, 3.05) is 0 Å². The number of hydrogen-bond acceptors (Lipinski definition) is 0. The van der Waals surface area contributed by atoms with E-state index in [1.54, 1.807) is 0 Å². The van der Waals surface area contributed by atoms with Crippen LogP contribution < -0.4 is 17.0 Å². The van der Waals surface area contributed by atoms with Gasteiger partial charge >= 0.3 is 23.1 Å². The zero-order valence-electron chi connectivity index (χ0n) is 5.37. The maximum Gasteiger partial charge on any atom is 2.00 e. The standard InChI is InChI=1S/C6H2Cl2F.BrH.Mg/c7-4-1-2-5(8)6(9)3-4;;/h1,3H;1H;/q-1;;+2/p-1. The topological polar surface area (TPSA) is 0 Å². The van der Waals surface area contributed by atoms with E-state index in [-0.39, 0.29) is 45.1 Å². The number of rotatable bonds is 0. The van der Waals surface area contributed by atoms with E-state index in [0.29, 0.717) is 5.02 Å². The van der Waals surface area contributed by atoms with Crippen molar-refractivity contribution in [3.63, 3.8) is 0 Å². The summed E-state index contributed by atoms with van der Waals surface area (Å²) >= 11 is 10.7. The van der Waals surface area contributed by atoms with Crippen LogP contribution in [0.5, 0.6) is 0 Å². The van der Waals surface area contributed by atoms with Gasteiger partial charge in [0.25, 0.3) is 0 Å². The summed E-state index contributed by atoms with van der Waals surface area (Å²) in [6.45, 7) is 0. The van der Waals surface area contributed by atoms with Gasteiger partial charge in [-0.2, -0.15) is 23.7 Å². The Hall–Kier alpha value is 0.976. The Kier molecular flexibility index (Phi) is 8.55. The fourth-order valence-electron chi connectivity index (χ4n) is 0.427. The van der Waals surface area contributed by atoms with Crippen LogP contribution in [0, 0.1) is 11.9 Å². The minimum atomic E-state index is -0.538. The molecule has 0 saturated heterocycles. The summed E-state index contributed by atoms with van der Waals surface area (Å²) in [6.07, 6.45) is 0. The van der Waals surface area contributed by atoms with E-state index in [2.05, 4.69) is 6.07 Å². The molecule has 5 heteroatoms. The monoisotopic (exact) mass is 266 g/mol. The van der Waals surface area contributed by atoms with Gasteiger partial charge in [-0.25, -0.2) is 0 Å². The van der Waals surface area contributed by atoms with Crippen LogP contribution in [0.25, 0.3) is 0 Å². The average molecular weight is 268 g/mol. The molecule has 0 aliphatic carbocycles. The second-order valence-corrected chi connectivity index (χ2v) is 2.29. The fourth-order valence-corrected chi connectivity index (χ4v) is 0.687. The Bertz CT molecular complexity index is 232. The maximum absolute atomic E-state index is 12.3. The van der Waals surface area contributed by atoms with Gasteiger partial charge in [-0.15, -0.1) is 17.7 Å². The van der Waals surface area contributed by atoms with Crippen molar-refractivity contribution in [2.24, 2.45) is 0 Å². The van der Waals surface area contributed by atoms with Gasteiger partial charge in [0.1, 0.15) is 0 Å². The van der Waals surface area contributed by atoms with Crippen LogP contribution in [0.1, 0.15) is 0 Å². The van der Waals surface area contributed by atoms with Crippen LogP contribution >= 0.6 is 23.2 Å². The smallest absolute Gasteiger partial charge is 1.00 e. The second-order valence-electron chi connectivity index (χ2n) is 1.48. The Morgan fingerprint density at radius 2 is 1.91 bits per heavy atom. The predicted molar refractivity (Wildman–Crippen MR) is 41.0 cm³/mol. The molecule has 0 fully saturated rings. The molecular weight excluding hydrogens is 266 g/mol. The van der Waals surface area contributed by atoms with E-state index < -0.39 is 5.82 Å². The normalized spacial score (nSPS) is 7.91. The van der Waals surface area contributed by atoms with Crippen LogP contribution in [0.15, 0.2) is 12.1 Å². The van der Waals surface area contributed by atoms with Gasteiger partial charge in [0, 0.05) is 5.82 Å². The number of halogens is 4. The van der Waals surface area contributed by atoms with E-state index in [1.165, 1.54) is 6.07 Å². The van der Waals surface area contributed by atoms with Crippen molar-refractivity contribution < 1.29 is 21.4 Å². The van der Waals surface area contributed by atoms with Crippen LogP contribution in [-0.4, -0.2) is 23.1 Å². The molecule has 0 aromatic heterocycles. The molecule has 0 heterocycles. The summed E-state index contributed by atoms with van der Waals surface area (Å²) in [6, 6.07) is 4.98. The van der Waals surface area contributed by atoms with Crippen molar-refractivity contribution in [1.29, 1.82) is 0 Å². The zero-order chi connectivity index (χ0) is 6.85. The van der Waals surface area contributed by atoms with Crippen molar-refractivity contribution in [3.8, 4) is 0 Å². The van der Waals surface area contributed by atoms with Crippen LogP contribution in [0.3, 0.4) is 0 Å². The molecule has 0 nitrogen and oxygen atoms in total.